The van der Waals surface area contributed by atoms with Gasteiger partial charge in [0.15, 0.2) is 0 Å². The third kappa shape index (κ3) is 4.93. The first-order chi connectivity index (χ1) is 8.90. The van der Waals surface area contributed by atoms with E-state index in [0.29, 0.717) is 0 Å². The number of benzene rings is 1. The second-order valence-corrected chi connectivity index (χ2v) is 4.36. The first-order valence-corrected chi connectivity index (χ1v) is 5.90. The number of aryl methyl sites for hydroxylation is 2. The van der Waals surface area contributed by atoms with Crippen molar-refractivity contribution in [3.8, 4) is 0 Å². The molecule has 0 spiro atoms. The van der Waals surface area contributed by atoms with Gasteiger partial charge in [0.25, 0.3) is 0 Å². The van der Waals surface area contributed by atoms with E-state index in [0.717, 1.165) is 16.7 Å². The highest BCUT2D eigenvalue weighted by atomic mass is 16.3. The Bertz CT molecular complexity index is 509. The predicted molar refractivity (Wildman–Crippen MR) is 73.2 cm³/mol. The van der Waals surface area contributed by atoms with E-state index in [-0.39, 0.29) is 12.5 Å². The Morgan fingerprint density at radius 1 is 1.42 bits per heavy atom. The van der Waals surface area contributed by atoms with Gasteiger partial charge in [0.1, 0.15) is 6.10 Å². The molecule has 1 aromatic carbocycles. The normalized spacial score (nSPS) is 12.4. The summed E-state index contributed by atoms with van der Waals surface area (Å²) >= 11 is 0. The van der Waals surface area contributed by atoms with Crippen LogP contribution in [0.3, 0.4) is 0 Å². The molecule has 0 bridgehead atoms. The number of hydrogen-bond donors (Lipinski definition) is 3. The lowest BCUT2D eigenvalue weighted by atomic mass is 10.1. The minimum absolute atomic E-state index is 0.189. The first-order valence-electron chi connectivity index (χ1n) is 5.90. The van der Waals surface area contributed by atoms with Gasteiger partial charge >= 0.3 is 0 Å². The summed E-state index contributed by atoms with van der Waals surface area (Å²) in [6.45, 7) is 3.77. The number of rotatable bonds is 5. The minimum atomic E-state index is -1.36. The van der Waals surface area contributed by atoms with E-state index >= 15 is 0 Å². The van der Waals surface area contributed by atoms with Gasteiger partial charge in [-0.25, -0.2) is 0 Å². The molecule has 1 rings (SSSR count). The van der Waals surface area contributed by atoms with Crippen LogP contribution in [-0.4, -0.2) is 29.6 Å². The van der Waals surface area contributed by atoms with Crippen molar-refractivity contribution in [2.75, 3.05) is 6.54 Å². The largest absolute Gasteiger partial charge is 0.381 e. The van der Waals surface area contributed by atoms with Crippen molar-refractivity contribution < 1.29 is 14.7 Å². The summed E-state index contributed by atoms with van der Waals surface area (Å²) < 4.78 is 0. The number of primary amides is 1. The van der Waals surface area contributed by atoms with Crippen molar-refractivity contribution in [3.63, 3.8) is 0 Å². The lowest BCUT2D eigenvalue weighted by molar-refractivity contribution is -0.126. The molecule has 0 aliphatic rings. The van der Waals surface area contributed by atoms with Crippen molar-refractivity contribution in [2.24, 2.45) is 5.73 Å². The van der Waals surface area contributed by atoms with Gasteiger partial charge in [-0.15, -0.1) is 0 Å². The summed E-state index contributed by atoms with van der Waals surface area (Å²) in [5.41, 5.74) is 8.03. The molecule has 5 heteroatoms. The summed E-state index contributed by atoms with van der Waals surface area (Å²) in [7, 11) is 0. The van der Waals surface area contributed by atoms with Crippen molar-refractivity contribution >= 4 is 17.9 Å². The van der Waals surface area contributed by atoms with E-state index in [1.807, 2.05) is 32.0 Å². The maximum absolute atomic E-state index is 11.5. The van der Waals surface area contributed by atoms with Crippen LogP contribution in [0.25, 0.3) is 6.08 Å². The molecule has 0 aliphatic carbocycles. The van der Waals surface area contributed by atoms with Gasteiger partial charge < -0.3 is 16.2 Å². The van der Waals surface area contributed by atoms with Crippen molar-refractivity contribution in [1.82, 2.24) is 5.32 Å². The van der Waals surface area contributed by atoms with E-state index in [9.17, 15) is 9.59 Å². The molecule has 0 aromatic heterocycles. The fraction of sp³-hybridized carbons (Fsp3) is 0.286. The number of aliphatic hydroxyl groups excluding tert-OH is 1. The fourth-order valence-corrected chi connectivity index (χ4v) is 1.53. The van der Waals surface area contributed by atoms with E-state index in [4.69, 9.17) is 10.8 Å². The average molecular weight is 262 g/mol. The molecule has 0 heterocycles. The van der Waals surface area contributed by atoms with Crippen LogP contribution >= 0.6 is 0 Å². The minimum Gasteiger partial charge on any atom is -0.381 e. The summed E-state index contributed by atoms with van der Waals surface area (Å²) in [4.78, 5) is 22.0. The zero-order valence-corrected chi connectivity index (χ0v) is 11.0. The molecule has 5 nitrogen and oxygen atoms in total. The molecule has 0 fully saturated rings. The second-order valence-electron chi connectivity index (χ2n) is 4.36. The third-order valence-electron chi connectivity index (χ3n) is 2.64. The quantitative estimate of drug-likeness (QED) is 0.665. The maximum atomic E-state index is 11.5. The molecular formula is C14H18N2O3. The highest BCUT2D eigenvalue weighted by Crippen LogP contribution is 2.11. The van der Waals surface area contributed by atoms with Crippen molar-refractivity contribution in [1.29, 1.82) is 0 Å². The summed E-state index contributed by atoms with van der Waals surface area (Å²) in [5.74, 6) is -1.25. The molecule has 1 unspecified atom stereocenters. The number of carbonyl (C=O) groups is 2. The zero-order valence-electron chi connectivity index (χ0n) is 11.0. The Kier molecular flexibility index (Phi) is 5.26. The van der Waals surface area contributed by atoms with Crippen molar-refractivity contribution in [2.45, 2.75) is 20.0 Å². The molecule has 4 N–H and O–H groups in total. The van der Waals surface area contributed by atoms with Gasteiger partial charge in [0.05, 0.1) is 6.54 Å². The van der Waals surface area contributed by atoms with Crippen LogP contribution in [0.1, 0.15) is 16.7 Å². The Hall–Kier alpha value is -2.14. The van der Waals surface area contributed by atoms with Crippen LogP contribution in [0.2, 0.25) is 0 Å². The van der Waals surface area contributed by atoms with Gasteiger partial charge in [0.2, 0.25) is 11.8 Å². The third-order valence-corrected chi connectivity index (χ3v) is 2.64. The molecule has 0 saturated heterocycles. The van der Waals surface area contributed by atoms with E-state index in [2.05, 4.69) is 5.32 Å². The lowest BCUT2D eigenvalue weighted by Crippen LogP contribution is -2.39. The van der Waals surface area contributed by atoms with Gasteiger partial charge in [0, 0.05) is 6.08 Å². The summed E-state index contributed by atoms with van der Waals surface area (Å²) in [5, 5.41) is 11.5. The molecule has 1 aromatic rings. The molecule has 0 saturated carbocycles. The Balaban J connectivity index is 2.56. The monoisotopic (exact) mass is 262 g/mol. The lowest BCUT2D eigenvalue weighted by Gasteiger charge is -2.06. The fourth-order valence-electron chi connectivity index (χ4n) is 1.53. The van der Waals surface area contributed by atoms with Crippen LogP contribution < -0.4 is 11.1 Å². The SMILES string of the molecule is Cc1ccc(/C=C/C(=O)NCC(O)C(N)=O)c(C)c1. The molecular weight excluding hydrogens is 244 g/mol. The second kappa shape index (κ2) is 6.70. The van der Waals surface area contributed by atoms with Crippen LogP contribution in [0, 0.1) is 13.8 Å². The standard InChI is InChI=1S/C14H18N2O3/c1-9-3-4-11(10(2)7-9)5-6-13(18)16-8-12(17)14(15)19/h3-7,12,17H,8H2,1-2H3,(H2,15,19)(H,16,18)/b6-5+. The maximum Gasteiger partial charge on any atom is 0.248 e. The molecule has 102 valence electrons. The number of carbonyl (C=O) groups excluding carboxylic acids is 2. The van der Waals surface area contributed by atoms with E-state index in [1.165, 1.54) is 6.08 Å². The van der Waals surface area contributed by atoms with Crippen LogP contribution in [0.15, 0.2) is 24.3 Å². The summed E-state index contributed by atoms with van der Waals surface area (Å²) in [6, 6.07) is 5.91. The number of hydrogen-bond acceptors (Lipinski definition) is 3. The molecule has 0 radical (unpaired) electrons. The molecule has 0 aliphatic heterocycles. The molecule has 2 amide bonds. The van der Waals surface area contributed by atoms with Gasteiger partial charge in [-0.1, -0.05) is 23.8 Å². The highest BCUT2D eigenvalue weighted by molar-refractivity contribution is 5.92. The molecule has 19 heavy (non-hydrogen) atoms. The van der Waals surface area contributed by atoms with Crippen LogP contribution in [0.5, 0.6) is 0 Å². The molecule has 1 atom stereocenters. The number of nitrogens with one attached hydrogen (secondary N) is 1. The summed E-state index contributed by atoms with van der Waals surface area (Å²) in [6.07, 6.45) is 1.67. The Morgan fingerprint density at radius 2 is 2.11 bits per heavy atom. The van der Waals surface area contributed by atoms with E-state index in [1.54, 1.807) is 6.08 Å². The number of amides is 2. The Morgan fingerprint density at radius 3 is 2.68 bits per heavy atom. The van der Waals surface area contributed by atoms with Gasteiger partial charge in [-0.05, 0) is 31.1 Å². The number of nitrogens with two attached hydrogens (primary N) is 1. The predicted octanol–water partition coefficient (Wildman–Crippen LogP) is 0.279. The number of aliphatic hydroxyl groups is 1. The Labute approximate surface area is 112 Å². The van der Waals surface area contributed by atoms with Crippen LogP contribution in [0.4, 0.5) is 0 Å². The van der Waals surface area contributed by atoms with Crippen LogP contribution in [-0.2, 0) is 9.59 Å². The highest BCUT2D eigenvalue weighted by Gasteiger charge is 2.10. The first kappa shape index (κ1) is 14.9. The topological polar surface area (TPSA) is 92.4 Å². The average Bonchev–Trinajstić information content (AvgIpc) is 2.34. The smallest absolute Gasteiger partial charge is 0.248 e. The van der Waals surface area contributed by atoms with Crippen molar-refractivity contribution in [3.05, 3.63) is 41.0 Å². The van der Waals surface area contributed by atoms with Gasteiger partial charge in [-0.2, -0.15) is 0 Å². The van der Waals surface area contributed by atoms with E-state index < -0.39 is 12.0 Å². The van der Waals surface area contributed by atoms with Gasteiger partial charge in [-0.3, -0.25) is 9.59 Å². The zero-order chi connectivity index (χ0) is 14.4.